The first-order valence-corrected chi connectivity index (χ1v) is 4.10. The Morgan fingerprint density at radius 1 is 1.20 bits per heavy atom. The van der Waals surface area contributed by atoms with Crippen LogP contribution in [0.4, 0.5) is 0 Å². The van der Waals surface area contributed by atoms with Crippen molar-refractivity contribution in [2.24, 2.45) is 11.8 Å². The zero-order chi connectivity index (χ0) is 7.40. The first kappa shape index (κ1) is 7.59. The van der Waals surface area contributed by atoms with E-state index in [1.807, 2.05) is 12.2 Å². The molecule has 0 aromatic rings. The van der Waals surface area contributed by atoms with Gasteiger partial charge in [0.25, 0.3) is 0 Å². The molecule has 1 unspecified atom stereocenters. The molecule has 0 amide bonds. The van der Waals surface area contributed by atoms with E-state index in [0.717, 1.165) is 11.8 Å². The lowest BCUT2D eigenvalue weighted by molar-refractivity contribution is 0.658. The van der Waals surface area contributed by atoms with E-state index in [1.165, 1.54) is 25.7 Å². The standard InChI is InChI=1S/C10H16/c1-3-5-7-10-8-9(10)6-4-2/h3-4,9-10H,1-2,5-8H2/t9-,10?/m0/s1. The van der Waals surface area contributed by atoms with Crippen molar-refractivity contribution in [3.63, 3.8) is 0 Å². The van der Waals surface area contributed by atoms with Gasteiger partial charge in [-0.1, -0.05) is 12.2 Å². The fourth-order valence-electron chi connectivity index (χ4n) is 1.50. The highest BCUT2D eigenvalue weighted by Crippen LogP contribution is 2.44. The zero-order valence-corrected chi connectivity index (χ0v) is 6.55. The molecule has 0 N–H and O–H groups in total. The van der Waals surface area contributed by atoms with Gasteiger partial charge in [-0.2, -0.15) is 0 Å². The Morgan fingerprint density at radius 3 is 2.60 bits per heavy atom. The summed E-state index contributed by atoms with van der Waals surface area (Å²) < 4.78 is 0. The monoisotopic (exact) mass is 136 g/mol. The van der Waals surface area contributed by atoms with Crippen LogP contribution in [-0.4, -0.2) is 0 Å². The largest absolute Gasteiger partial charge is 0.103 e. The Balaban J connectivity index is 2.01. The van der Waals surface area contributed by atoms with Crippen LogP contribution in [0.15, 0.2) is 25.3 Å². The molecule has 1 fully saturated rings. The van der Waals surface area contributed by atoms with E-state index in [1.54, 1.807) is 0 Å². The molecule has 0 aromatic carbocycles. The fraction of sp³-hybridized carbons (Fsp3) is 0.600. The van der Waals surface area contributed by atoms with Crippen molar-refractivity contribution >= 4 is 0 Å². The summed E-state index contributed by atoms with van der Waals surface area (Å²) in [6.07, 6.45) is 9.25. The van der Waals surface area contributed by atoms with Crippen LogP contribution in [0.5, 0.6) is 0 Å². The quantitative estimate of drug-likeness (QED) is 0.509. The van der Waals surface area contributed by atoms with Gasteiger partial charge in [-0.25, -0.2) is 0 Å². The van der Waals surface area contributed by atoms with Crippen molar-refractivity contribution in [1.82, 2.24) is 0 Å². The van der Waals surface area contributed by atoms with Gasteiger partial charge in [0.15, 0.2) is 0 Å². The van der Waals surface area contributed by atoms with Crippen molar-refractivity contribution in [1.29, 1.82) is 0 Å². The van der Waals surface area contributed by atoms with E-state index in [2.05, 4.69) is 13.2 Å². The Labute approximate surface area is 63.6 Å². The number of hydrogen-bond acceptors (Lipinski definition) is 0. The summed E-state index contributed by atoms with van der Waals surface area (Å²) in [5.74, 6) is 1.97. The molecule has 0 nitrogen and oxygen atoms in total. The molecule has 0 aliphatic heterocycles. The SMILES string of the molecule is C=CCCC1C[C@@H]1CC=C. The fourth-order valence-corrected chi connectivity index (χ4v) is 1.50. The van der Waals surface area contributed by atoms with E-state index < -0.39 is 0 Å². The van der Waals surface area contributed by atoms with Crippen LogP contribution < -0.4 is 0 Å². The molecule has 56 valence electrons. The molecule has 1 aliphatic carbocycles. The van der Waals surface area contributed by atoms with Gasteiger partial charge in [0.05, 0.1) is 0 Å². The second-order valence-electron chi connectivity index (χ2n) is 3.15. The second-order valence-corrected chi connectivity index (χ2v) is 3.15. The highest BCUT2D eigenvalue weighted by molar-refractivity contribution is 4.91. The molecular formula is C10H16. The summed E-state index contributed by atoms with van der Waals surface area (Å²) in [6.45, 7) is 7.45. The summed E-state index contributed by atoms with van der Waals surface area (Å²) in [6, 6.07) is 0. The highest BCUT2D eigenvalue weighted by Gasteiger charge is 2.34. The third-order valence-electron chi connectivity index (χ3n) is 2.28. The van der Waals surface area contributed by atoms with E-state index >= 15 is 0 Å². The summed E-state index contributed by atoms with van der Waals surface area (Å²) in [5.41, 5.74) is 0. The first-order chi connectivity index (χ1) is 4.88. The lowest BCUT2D eigenvalue weighted by Gasteiger charge is -1.92. The maximum Gasteiger partial charge on any atom is -0.0322 e. The minimum absolute atomic E-state index is 0.970. The molecule has 0 bridgehead atoms. The van der Waals surface area contributed by atoms with Crippen LogP contribution in [-0.2, 0) is 0 Å². The van der Waals surface area contributed by atoms with Crippen LogP contribution >= 0.6 is 0 Å². The lowest BCUT2D eigenvalue weighted by atomic mass is 10.1. The second kappa shape index (κ2) is 3.60. The number of allylic oxidation sites excluding steroid dienone is 2. The summed E-state index contributed by atoms with van der Waals surface area (Å²) in [4.78, 5) is 0. The van der Waals surface area contributed by atoms with Crippen molar-refractivity contribution in [2.75, 3.05) is 0 Å². The van der Waals surface area contributed by atoms with Gasteiger partial charge in [0.2, 0.25) is 0 Å². The van der Waals surface area contributed by atoms with E-state index in [9.17, 15) is 0 Å². The predicted molar refractivity (Wildman–Crippen MR) is 45.8 cm³/mol. The van der Waals surface area contributed by atoms with E-state index in [0.29, 0.717) is 0 Å². The smallest absolute Gasteiger partial charge is 0.0322 e. The zero-order valence-electron chi connectivity index (χ0n) is 6.55. The van der Waals surface area contributed by atoms with E-state index in [4.69, 9.17) is 0 Å². The minimum Gasteiger partial charge on any atom is -0.103 e. The highest BCUT2D eigenvalue weighted by atomic mass is 14.4. The number of hydrogen-bond donors (Lipinski definition) is 0. The molecule has 0 saturated heterocycles. The lowest BCUT2D eigenvalue weighted by Crippen LogP contribution is -1.79. The van der Waals surface area contributed by atoms with Gasteiger partial charge in [0, 0.05) is 0 Å². The number of rotatable bonds is 5. The third-order valence-corrected chi connectivity index (χ3v) is 2.28. The molecule has 10 heavy (non-hydrogen) atoms. The minimum atomic E-state index is 0.970. The van der Waals surface area contributed by atoms with Crippen molar-refractivity contribution < 1.29 is 0 Å². The maximum absolute atomic E-state index is 3.74. The molecule has 0 radical (unpaired) electrons. The molecule has 0 spiro atoms. The van der Waals surface area contributed by atoms with Gasteiger partial charge >= 0.3 is 0 Å². The van der Waals surface area contributed by atoms with Crippen LogP contribution in [0.3, 0.4) is 0 Å². The van der Waals surface area contributed by atoms with Gasteiger partial charge in [-0.05, 0) is 37.5 Å². The third kappa shape index (κ3) is 2.02. The van der Waals surface area contributed by atoms with Gasteiger partial charge in [0.1, 0.15) is 0 Å². The Bertz CT molecular complexity index is 124. The van der Waals surface area contributed by atoms with Crippen molar-refractivity contribution in [2.45, 2.75) is 25.7 Å². The van der Waals surface area contributed by atoms with Crippen molar-refractivity contribution in [3.05, 3.63) is 25.3 Å². The van der Waals surface area contributed by atoms with Crippen LogP contribution in [0.2, 0.25) is 0 Å². The summed E-state index contributed by atoms with van der Waals surface area (Å²) in [7, 11) is 0. The molecular weight excluding hydrogens is 120 g/mol. The predicted octanol–water partition coefficient (Wildman–Crippen LogP) is 3.16. The molecule has 1 aliphatic rings. The summed E-state index contributed by atoms with van der Waals surface area (Å²) in [5, 5.41) is 0. The summed E-state index contributed by atoms with van der Waals surface area (Å²) >= 11 is 0. The van der Waals surface area contributed by atoms with Crippen LogP contribution in [0.25, 0.3) is 0 Å². The van der Waals surface area contributed by atoms with Crippen LogP contribution in [0, 0.1) is 11.8 Å². The average molecular weight is 136 g/mol. The Kier molecular flexibility index (Phi) is 2.73. The maximum atomic E-state index is 3.74. The molecule has 0 aromatic heterocycles. The Hall–Kier alpha value is -0.520. The Morgan fingerprint density at radius 2 is 2.00 bits per heavy atom. The molecule has 0 heteroatoms. The van der Waals surface area contributed by atoms with Gasteiger partial charge in [-0.3, -0.25) is 0 Å². The van der Waals surface area contributed by atoms with Crippen molar-refractivity contribution in [3.8, 4) is 0 Å². The average Bonchev–Trinajstić information content (AvgIpc) is 2.65. The molecule has 0 heterocycles. The van der Waals surface area contributed by atoms with Crippen LogP contribution in [0.1, 0.15) is 25.7 Å². The topological polar surface area (TPSA) is 0 Å². The normalized spacial score (nSPS) is 29.6. The molecule has 1 saturated carbocycles. The molecule has 2 atom stereocenters. The first-order valence-electron chi connectivity index (χ1n) is 4.10. The van der Waals surface area contributed by atoms with Gasteiger partial charge in [-0.15, -0.1) is 13.2 Å². The van der Waals surface area contributed by atoms with Gasteiger partial charge < -0.3 is 0 Å². The molecule has 1 rings (SSSR count). The van der Waals surface area contributed by atoms with E-state index in [-0.39, 0.29) is 0 Å².